The Morgan fingerprint density at radius 3 is 2.78 bits per heavy atom. The number of fused-ring (bicyclic) bond motifs is 1. The SMILES string of the molecule is Cc1ccc(CC(=O)N2C[C@@H](C(C)C)Nc3ccccc32)cn1. The number of nitrogens with zero attached hydrogens (tertiary/aromatic N) is 2. The summed E-state index contributed by atoms with van der Waals surface area (Å²) < 4.78 is 0. The number of anilines is 2. The Morgan fingerprint density at radius 1 is 1.30 bits per heavy atom. The number of carbonyl (C=O) groups excluding carboxylic acids is 1. The molecule has 23 heavy (non-hydrogen) atoms. The molecule has 0 saturated heterocycles. The maximum absolute atomic E-state index is 12.9. The van der Waals surface area contributed by atoms with E-state index in [1.54, 1.807) is 6.20 Å². The second-order valence-electron chi connectivity index (χ2n) is 6.50. The van der Waals surface area contributed by atoms with E-state index in [4.69, 9.17) is 0 Å². The van der Waals surface area contributed by atoms with Gasteiger partial charge in [-0.2, -0.15) is 0 Å². The highest BCUT2D eigenvalue weighted by molar-refractivity contribution is 5.98. The van der Waals surface area contributed by atoms with E-state index in [9.17, 15) is 4.79 Å². The van der Waals surface area contributed by atoms with Crippen molar-refractivity contribution in [1.82, 2.24) is 4.98 Å². The van der Waals surface area contributed by atoms with Gasteiger partial charge in [-0.1, -0.05) is 32.0 Å². The molecule has 0 aliphatic carbocycles. The Labute approximate surface area is 137 Å². The van der Waals surface area contributed by atoms with Gasteiger partial charge in [0.1, 0.15) is 0 Å². The molecule has 1 aromatic heterocycles. The van der Waals surface area contributed by atoms with Gasteiger partial charge in [0.15, 0.2) is 0 Å². The Morgan fingerprint density at radius 2 is 2.09 bits per heavy atom. The smallest absolute Gasteiger partial charge is 0.231 e. The monoisotopic (exact) mass is 309 g/mol. The van der Waals surface area contributed by atoms with Crippen LogP contribution in [0.15, 0.2) is 42.6 Å². The van der Waals surface area contributed by atoms with E-state index in [2.05, 4.69) is 24.1 Å². The summed E-state index contributed by atoms with van der Waals surface area (Å²) in [6.45, 7) is 7.01. The maximum atomic E-state index is 12.9. The molecule has 0 saturated carbocycles. The second kappa shape index (κ2) is 6.41. The summed E-state index contributed by atoms with van der Waals surface area (Å²) in [5, 5.41) is 3.55. The van der Waals surface area contributed by atoms with Gasteiger partial charge < -0.3 is 10.2 Å². The number of rotatable bonds is 3. The number of hydrogen-bond donors (Lipinski definition) is 1. The molecular formula is C19H23N3O. The fourth-order valence-electron chi connectivity index (χ4n) is 2.86. The zero-order valence-corrected chi connectivity index (χ0v) is 13.9. The van der Waals surface area contributed by atoms with Gasteiger partial charge >= 0.3 is 0 Å². The number of carbonyl (C=O) groups is 1. The number of nitrogens with one attached hydrogen (secondary N) is 1. The molecule has 1 amide bonds. The highest BCUT2D eigenvalue weighted by Gasteiger charge is 2.29. The third-order valence-corrected chi connectivity index (χ3v) is 4.35. The molecule has 4 heteroatoms. The number of aryl methyl sites for hydroxylation is 1. The van der Waals surface area contributed by atoms with E-state index in [1.165, 1.54) is 0 Å². The minimum atomic E-state index is 0.121. The molecule has 120 valence electrons. The quantitative estimate of drug-likeness (QED) is 0.945. The van der Waals surface area contributed by atoms with Crippen LogP contribution in [0.2, 0.25) is 0 Å². The summed E-state index contributed by atoms with van der Waals surface area (Å²) in [4.78, 5) is 19.0. The molecule has 4 nitrogen and oxygen atoms in total. The van der Waals surface area contributed by atoms with E-state index in [0.29, 0.717) is 18.9 Å². The Hall–Kier alpha value is -2.36. The van der Waals surface area contributed by atoms with Crippen molar-refractivity contribution in [2.75, 3.05) is 16.8 Å². The second-order valence-corrected chi connectivity index (χ2v) is 6.50. The van der Waals surface area contributed by atoms with Crippen molar-refractivity contribution in [2.24, 2.45) is 5.92 Å². The zero-order chi connectivity index (χ0) is 16.4. The number of para-hydroxylation sites is 2. The Bertz CT molecular complexity index is 694. The lowest BCUT2D eigenvalue weighted by Crippen LogP contribution is -2.47. The number of hydrogen-bond acceptors (Lipinski definition) is 3. The molecule has 0 spiro atoms. The van der Waals surface area contributed by atoms with Gasteiger partial charge in [-0.3, -0.25) is 9.78 Å². The molecule has 0 radical (unpaired) electrons. The van der Waals surface area contributed by atoms with Crippen LogP contribution in [0.4, 0.5) is 11.4 Å². The summed E-state index contributed by atoms with van der Waals surface area (Å²) in [6.07, 6.45) is 2.17. The van der Waals surface area contributed by atoms with Gasteiger partial charge in [0.05, 0.1) is 17.8 Å². The van der Waals surface area contributed by atoms with Gasteiger partial charge in [-0.25, -0.2) is 0 Å². The van der Waals surface area contributed by atoms with Crippen LogP contribution in [0.5, 0.6) is 0 Å². The van der Waals surface area contributed by atoms with Gasteiger partial charge in [0.2, 0.25) is 5.91 Å². The molecule has 1 aromatic carbocycles. The first-order valence-electron chi connectivity index (χ1n) is 8.12. The predicted octanol–water partition coefficient (Wildman–Crippen LogP) is 3.42. The van der Waals surface area contributed by atoms with Crippen molar-refractivity contribution in [3.05, 3.63) is 53.9 Å². The molecule has 0 unspecified atom stereocenters. The molecule has 2 heterocycles. The number of aromatic nitrogens is 1. The van der Waals surface area contributed by atoms with Crippen molar-refractivity contribution in [3.8, 4) is 0 Å². The summed E-state index contributed by atoms with van der Waals surface area (Å²) in [5.41, 5.74) is 3.92. The third kappa shape index (κ3) is 3.36. The molecule has 1 N–H and O–H groups in total. The lowest BCUT2D eigenvalue weighted by atomic mass is 9.99. The predicted molar refractivity (Wildman–Crippen MR) is 93.7 cm³/mol. The van der Waals surface area contributed by atoms with Crippen LogP contribution in [-0.4, -0.2) is 23.5 Å². The average Bonchev–Trinajstić information content (AvgIpc) is 2.55. The molecule has 1 atom stereocenters. The minimum Gasteiger partial charge on any atom is -0.379 e. The van der Waals surface area contributed by atoms with Crippen LogP contribution in [0.3, 0.4) is 0 Å². The summed E-state index contributed by atoms with van der Waals surface area (Å²) in [5.74, 6) is 0.579. The van der Waals surface area contributed by atoms with Crippen LogP contribution in [0.25, 0.3) is 0 Å². The summed E-state index contributed by atoms with van der Waals surface area (Å²) in [7, 11) is 0. The van der Waals surface area contributed by atoms with E-state index in [0.717, 1.165) is 22.6 Å². The normalized spacial score (nSPS) is 16.9. The fourth-order valence-corrected chi connectivity index (χ4v) is 2.86. The molecule has 3 rings (SSSR count). The Balaban J connectivity index is 1.85. The molecule has 0 fully saturated rings. The van der Waals surface area contributed by atoms with Crippen molar-refractivity contribution < 1.29 is 4.79 Å². The van der Waals surface area contributed by atoms with Gasteiger partial charge in [0, 0.05) is 24.5 Å². The standard InChI is InChI=1S/C19H23N3O/c1-13(2)17-12-22(18-7-5-4-6-16(18)21-17)19(23)10-15-9-8-14(3)20-11-15/h4-9,11,13,17,21H,10,12H2,1-3H3/t17-/m0/s1. The third-order valence-electron chi connectivity index (χ3n) is 4.35. The summed E-state index contributed by atoms with van der Waals surface area (Å²) in [6, 6.07) is 12.2. The van der Waals surface area contributed by atoms with Crippen LogP contribution in [0.1, 0.15) is 25.1 Å². The van der Waals surface area contributed by atoms with Crippen molar-refractivity contribution in [2.45, 2.75) is 33.2 Å². The van der Waals surface area contributed by atoms with E-state index in [-0.39, 0.29) is 11.9 Å². The molecular weight excluding hydrogens is 286 g/mol. The van der Waals surface area contributed by atoms with Gasteiger partial charge in [0.25, 0.3) is 0 Å². The average molecular weight is 309 g/mol. The highest BCUT2D eigenvalue weighted by Crippen LogP contribution is 2.32. The van der Waals surface area contributed by atoms with Gasteiger partial charge in [-0.05, 0) is 36.6 Å². The van der Waals surface area contributed by atoms with Crippen LogP contribution in [0, 0.1) is 12.8 Å². The number of benzene rings is 1. The van der Waals surface area contributed by atoms with Crippen molar-refractivity contribution in [1.29, 1.82) is 0 Å². The lowest BCUT2D eigenvalue weighted by molar-refractivity contribution is -0.118. The van der Waals surface area contributed by atoms with E-state index in [1.807, 2.05) is 48.2 Å². The van der Waals surface area contributed by atoms with E-state index >= 15 is 0 Å². The summed E-state index contributed by atoms with van der Waals surface area (Å²) >= 11 is 0. The fraction of sp³-hybridized carbons (Fsp3) is 0.368. The van der Waals surface area contributed by atoms with Crippen molar-refractivity contribution in [3.63, 3.8) is 0 Å². The number of pyridine rings is 1. The lowest BCUT2D eigenvalue weighted by Gasteiger charge is -2.37. The first-order chi connectivity index (χ1) is 11.0. The van der Waals surface area contributed by atoms with Crippen LogP contribution < -0.4 is 10.2 Å². The Kier molecular flexibility index (Phi) is 4.33. The van der Waals surface area contributed by atoms with Gasteiger partial charge in [-0.15, -0.1) is 0 Å². The molecule has 1 aliphatic rings. The minimum absolute atomic E-state index is 0.121. The topological polar surface area (TPSA) is 45.2 Å². The largest absolute Gasteiger partial charge is 0.379 e. The van der Waals surface area contributed by atoms with Crippen LogP contribution >= 0.6 is 0 Å². The number of amides is 1. The first-order valence-corrected chi connectivity index (χ1v) is 8.12. The van der Waals surface area contributed by atoms with Crippen LogP contribution in [-0.2, 0) is 11.2 Å². The van der Waals surface area contributed by atoms with Crippen molar-refractivity contribution >= 4 is 17.3 Å². The molecule has 0 bridgehead atoms. The zero-order valence-electron chi connectivity index (χ0n) is 13.9. The molecule has 2 aromatic rings. The first kappa shape index (κ1) is 15.5. The molecule has 1 aliphatic heterocycles. The highest BCUT2D eigenvalue weighted by atomic mass is 16.2. The van der Waals surface area contributed by atoms with E-state index < -0.39 is 0 Å². The maximum Gasteiger partial charge on any atom is 0.231 e.